The zero-order valence-corrected chi connectivity index (χ0v) is 14.2. The van der Waals surface area contributed by atoms with E-state index in [0.717, 1.165) is 17.1 Å². The molecular formula is C17H22N6O. The van der Waals surface area contributed by atoms with Gasteiger partial charge in [-0.2, -0.15) is 10.2 Å². The number of methoxy groups -OCH3 is 1. The molecule has 7 nitrogen and oxygen atoms in total. The van der Waals surface area contributed by atoms with Gasteiger partial charge in [0.1, 0.15) is 17.9 Å². The average molecular weight is 326 g/mol. The maximum atomic E-state index is 5.48. The average Bonchev–Trinajstić information content (AvgIpc) is 3.24. The van der Waals surface area contributed by atoms with Crippen molar-refractivity contribution in [2.75, 3.05) is 7.11 Å². The molecule has 2 heterocycles. The highest BCUT2D eigenvalue weighted by Crippen LogP contribution is 2.24. The topological polar surface area (TPSA) is 69.8 Å². The molecule has 0 unspecified atom stereocenters. The summed E-state index contributed by atoms with van der Waals surface area (Å²) in [5.74, 6) is 1.78. The van der Waals surface area contributed by atoms with Gasteiger partial charge in [0.05, 0.1) is 20.2 Å². The van der Waals surface area contributed by atoms with Gasteiger partial charge in [0.15, 0.2) is 0 Å². The van der Waals surface area contributed by atoms with E-state index in [4.69, 9.17) is 4.74 Å². The van der Waals surface area contributed by atoms with Crippen molar-refractivity contribution < 1.29 is 4.74 Å². The van der Waals surface area contributed by atoms with Crippen LogP contribution in [-0.2, 0) is 20.1 Å². The van der Waals surface area contributed by atoms with Gasteiger partial charge in [0.2, 0.25) is 0 Å². The van der Waals surface area contributed by atoms with Gasteiger partial charge in [-0.15, -0.1) is 0 Å². The lowest BCUT2D eigenvalue weighted by molar-refractivity contribution is 0.406. The third-order valence-corrected chi connectivity index (χ3v) is 4.07. The largest absolute Gasteiger partial charge is 0.496 e. The number of ether oxygens (including phenoxy) is 1. The second-order valence-electron chi connectivity index (χ2n) is 5.68. The SMILES string of the molecule is COc1ccc([C@H](C)NCc2ncnn2C)cc1Cn1cccn1. The first-order chi connectivity index (χ1) is 11.7. The molecule has 0 spiro atoms. The molecule has 1 aromatic carbocycles. The molecule has 2 aromatic heterocycles. The van der Waals surface area contributed by atoms with Crippen LogP contribution in [0.4, 0.5) is 0 Å². The Bertz CT molecular complexity index is 780. The van der Waals surface area contributed by atoms with E-state index in [-0.39, 0.29) is 6.04 Å². The number of nitrogens with one attached hydrogen (secondary N) is 1. The number of aromatic nitrogens is 5. The first-order valence-electron chi connectivity index (χ1n) is 7.88. The summed E-state index contributed by atoms with van der Waals surface area (Å²) in [6, 6.07) is 8.36. The molecule has 0 radical (unpaired) electrons. The van der Waals surface area contributed by atoms with E-state index in [9.17, 15) is 0 Å². The molecule has 3 rings (SSSR count). The van der Waals surface area contributed by atoms with Crippen LogP contribution in [0.15, 0.2) is 43.0 Å². The van der Waals surface area contributed by atoms with Crippen LogP contribution in [0.1, 0.15) is 29.9 Å². The molecule has 0 saturated heterocycles. The summed E-state index contributed by atoms with van der Waals surface area (Å²) in [6.07, 6.45) is 5.29. The van der Waals surface area contributed by atoms with Gasteiger partial charge in [0.25, 0.3) is 0 Å². The third-order valence-electron chi connectivity index (χ3n) is 4.07. The minimum Gasteiger partial charge on any atom is -0.496 e. The molecule has 3 aromatic rings. The Morgan fingerprint density at radius 3 is 2.83 bits per heavy atom. The Morgan fingerprint density at radius 1 is 1.29 bits per heavy atom. The van der Waals surface area contributed by atoms with Crippen molar-refractivity contribution in [3.8, 4) is 5.75 Å². The maximum absolute atomic E-state index is 5.48. The Hall–Kier alpha value is -2.67. The van der Waals surface area contributed by atoms with Gasteiger partial charge >= 0.3 is 0 Å². The molecule has 24 heavy (non-hydrogen) atoms. The summed E-state index contributed by atoms with van der Waals surface area (Å²) in [7, 11) is 3.58. The second kappa shape index (κ2) is 7.27. The van der Waals surface area contributed by atoms with E-state index >= 15 is 0 Å². The van der Waals surface area contributed by atoms with Crippen molar-refractivity contribution in [3.05, 3.63) is 59.9 Å². The first-order valence-corrected chi connectivity index (χ1v) is 7.88. The van der Waals surface area contributed by atoms with Crippen LogP contribution in [0.3, 0.4) is 0 Å². The summed E-state index contributed by atoms with van der Waals surface area (Å²) in [6.45, 7) is 3.48. The van der Waals surface area contributed by atoms with Crippen molar-refractivity contribution in [3.63, 3.8) is 0 Å². The molecular weight excluding hydrogens is 304 g/mol. The van der Waals surface area contributed by atoms with Crippen LogP contribution in [-0.4, -0.2) is 31.7 Å². The minimum absolute atomic E-state index is 0.184. The molecule has 0 aliphatic rings. The highest BCUT2D eigenvalue weighted by atomic mass is 16.5. The zero-order chi connectivity index (χ0) is 16.9. The van der Waals surface area contributed by atoms with E-state index in [2.05, 4.69) is 39.6 Å². The van der Waals surface area contributed by atoms with Gasteiger partial charge in [-0.25, -0.2) is 4.98 Å². The highest BCUT2D eigenvalue weighted by Gasteiger charge is 2.11. The molecule has 0 saturated carbocycles. The second-order valence-corrected chi connectivity index (χ2v) is 5.68. The number of benzene rings is 1. The molecule has 7 heteroatoms. The Labute approximate surface area is 141 Å². The van der Waals surface area contributed by atoms with Crippen LogP contribution < -0.4 is 10.1 Å². The normalized spacial score (nSPS) is 12.3. The lowest BCUT2D eigenvalue weighted by Crippen LogP contribution is -2.20. The number of rotatable bonds is 7. The molecule has 126 valence electrons. The van der Waals surface area contributed by atoms with Crippen LogP contribution in [0, 0.1) is 0 Å². The van der Waals surface area contributed by atoms with Gasteiger partial charge in [-0.05, 0) is 30.7 Å². The fourth-order valence-electron chi connectivity index (χ4n) is 2.60. The Morgan fingerprint density at radius 2 is 2.17 bits per heavy atom. The predicted molar refractivity (Wildman–Crippen MR) is 90.6 cm³/mol. The molecule has 0 fully saturated rings. The molecule has 1 N–H and O–H groups in total. The molecule has 0 aliphatic carbocycles. The maximum Gasteiger partial charge on any atom is 0.140 e. The lowest BCUT2D eigenvalue weighted by Gasteiger charge is -2.17. The van der Waals surface area contributed by atoms with Gasteiger partial charge in [-0.3, -0.25) is 9.36 Å². The van der Waals surface area contributed by atoms with Crippen LogP contribution in [0.25, 0.3) is 0 Å². The van der Waals surface area contributed by atoms with E-state index in [0.29, 0.717) is 13.1 Å². The highest BCUT2D eigenvalue weighted by molar-refractivity contribution is 5.38. The van der Waals surface area contributed by atoms with Crippen molar-refractivity contribution >= 4 is 0 Å². The van der Waals surface area contributed by atoms with Crippen LogP contribution in [0.2, 0.25) is 0 Å². The van der Waals surface area contributed by atoms with Crippen LogP contribution >= 0.6 is 0 Å². The van der Waals surface area contributed by atoms with E-state index in [1.54, 1.807) is 24.3 Å². The van der Waals surface area contributed by atoms with Gasteiger partial charge in [-0.1, -0.05) is 6.07 Å². The molecule has 0 aliphatic heterocycles. The summed E-state index contributed by atoms with van der Waals surface area (Å²) in [5, 5.41) is 11.8. The summed E-state index contributed by atoms with van der Waals surface area (Å²) in [5.41, 5.74) is 2.30. The summed E-state index contributed by atoms with van der Waals surface area (Å²) >= 11 is 0. The van der Waals surface area contributed by atoms with Gasteiger partial charge < -0.3 is 10.1 Å². The minimum atomic E-state index is 0.184. The molecule has 1 atom stereocenters. The van der Waals surface area contributed by atoms with Crippen molar-refractivity contribution in [2.45, 2.75) is 26.1 Å². The monoisotopic (exact) mass is 326 g/mol. The van der Waals surface area contributed by atoms with Gasteiger partial charge in [0, 0.05) is 31.0 Å². The fraction of sp³-hybridized carbons (Fsp3) is 0.353. The zero-order valence-electron chi connectivity index (χ0n) is 14.2. The number of nitrogens with zero attached hydrogens (tertiary/aromatic N) is 5. The summed E-state index contributed by atoms with van der Waals surface area (Å²) in [4.78, 5) is 4.23. The lowest BCUT2D eigenvalue weighted by atomic mass is 10.0. The molecule has 0 amide bonds. The van der Waals surface area contributed by atoms with Crippen LogP contribution in [0.5, 0.6) is 5.75 Å². The van der Waals surface area contributed by atoms with Crippen molar-refractivity contribution in [1.29, 1.82) is 0 Å². The van der Waals surface area contributed by atoms with E-state index in [1.807, 2.05) is 30.1 Å². The number of hydrogen-bond acceptors (Lipinski definition) is 5. The van der Waals surface area contributed by atoms with Crippen molar-refractivity contribution in [1.82, 2.24) is 29.9 Å². The Kier molecular flexibility index (Phi) is 4.90. The third kappa shape index (κ3) is 3.62. The van der Waals surface area contributed by atoms with E-state index < -0.39 is 0 Å². The standard InChI is InChI=1S/C17H22N6O/c1-13(18-10-17-19-12-21-22(17)2)14-5-6-16(24-3)15(9-14)11-23-8-4-7-20-23/h4-9,12-13,18H,10-11H2,1-3H3/t13-/m0/s1. The quantitative estimate of drug-likeness (QED) is 0.718. The predicted octanol–water partition coefficient (Wildman–Crippen LogP) is 1.92. The number of hydrogen-bond donors (Lipinski definition) is 1. The Balaban J connectivity index is 1.73. The smallest absolute Gasteiger partial charge is 0.140 e. The fourth-order valence-corrected chi connectivity index (χ4v) is 2.60. The first kappa shape index (κ1) is 16.2. The summed E-state index contributed by atoms with van der Waals surface area (Å²) < 4.78 is 9.14. The number of aryl methyl sites for hydroxylation is 1. The molecule has 0 bridgehead atoms. The van der Waals surface area contributed by atoms with Crippen molar-refractivity contribution in [2.24, 2.45) is 7.05 Å². The van der Waals surface area contributed by atoms with E-state index in [1.165, 1.54) is 5.56 Å².